The molecule has 0 radical (unpaired) electrons. The lowest BCUT2D eigenvalue weighted by molar-refractivity contribution is -0.146. The molecule has 0 aliphatic carbocycles. The molecule has 1 aliphatic rings. The summed E-state index contributed by atoms with van der Waals surface area (Å²) in [6.45, 7) is 7.55. The molecule has 1 rings (SSSR count). The third kappa shape index (κ3) is 3.69. The van der Waals surface area contributed by atoms with Gasteiger partial charge < -0.3 is 15.0 Å². The highest BCUT2D eigenvalue weighted by Gasteiger charge is 2.41. The monoisotopic (exact) mass is 256 g/mol. The average Bonchev–Trinajstić information content (AvgIpc) is 2.39. The van der Waals surface area contributed by atoms with Crippen LogP contribution in [0, 0.1) is 11.3 Å². The highest BCUT2D eigenvalue weighted by Crippen LogP contribution is 2.31. The second-order valence-corrected chi connectivity index (χ2v) is 5.66. The molecule has 1 saturated heterocycles. The zero-order valence-corrected chi connectivity index (χ0v) is 12.3. The SMILES string of the molecule is CCC(C)CN(C)C(=O)C1(COC)CCNCC1. The summed E-state index contributed by atoms with van der Waals surface area (Å²) in [7, 11) is 3.61. The van der Waals surface area contributed by atoms with Gasteiger partial charge >= 0.3 is 0 Å². The van der Waals surface area contributed by atoms with E-state index in [1.165, 1.54) is 0 Å². The Bertz CT molecular complexity index is 257. The van der Waals surface area contributed by atoms with E-state index in [0.717, 1.165) is 38.9 Å². The summed E-state index contributed by atoms with van der Waals surface area (Å²) in [6, 6.07) is 0. The molecule has 1 amide bonds. The van der Waals surface area contributed by atoms with Gasteiger partial charge in [-0.1, -0.05) is 20.3 Å². The molecular formula is C14H28N2O2. The molecule has 0 saturated carbocycles. The van der Waals surface area contributed by atoms with Crippen molar-refractivity contribution < 1.29 is 9.53 Å². The summed E-state index contributed by atoms with van der Waals surface area (Å²) in [5.74, 6) is 0.811. The summed E-state index contributed by atoms with van der Waals surface area (Å²) in [6.07, 6.45) is 2.87. The first kappa shape index (κ1) is 15.4. The molecular weight excluding hydrogens is 228 g/mol. The largest absolute Gasteiger partial charge is 0.384 e. The Morgan fingerprint density at radius 3 is 2.56 bits per heavy atom. The van der Waals surface area contributed by atoms with Crippen molar-refractivity contribution in [3.05, 3.63) is 0 Å². The summed E-state index contributed by atoms with van der Waals surface area (Å²) in [5, 5.41) is 3.32. The number of piperidine rings is 1. The number of carbonyl (C=O) groups is 1. The molecule has 1 unspecified atom stereocenters. The van der Waals surface area contributed by atoms with Crippen molar-refractivity contribution in [2.75, 3.05) is 40.4 Å². The fraction of sp³-hybridized carbons (Fsp3) is 0.929. The standard InChI is InChI=1S/C14H28N2O2/c1-5-12(2)10-16(3)13(17)14(11-18-4)6-8-15-9-7-14/h12,15H,5-11H2,1-4H3. The van der Waals surface area contributed by atoms with Gasteiger partial charge in [-0.05, 0) is 31.8 Å². The van der Waals surface area contributed by atoms with Crippen molar-refractivity contribution in [1.82, 2.24) is 10.2 Å². The molecule has 1 fully saturated rings. The second-order valence-electron chi connectivity index (χ2n) is 5.66. The van der Waals surface area contributed by atoms with Gasteiger partial charge in [0.05, 0.1) is 12.0 Å². The van der Waals surface area contributed by atoms with Crippen LogP contribution < -0.4 is 5.32 Å². The zero-order chi connectivity index (χ0) is 13.6. The van der Waals surface area contributed by atoms with E-state index in [4.69, 9.17) is 4.74 Å². The van der Waals surface area contributed by atoms with Crippen molar-refractivity contribution in [3.63, 3.8) is 0 Å². The van der Waals surface area contributed by atoms with Crippen LogP contribution in [0.25, 0.3) is 0 Å². The van der Waals surface area contributed by atoms with E-state index in [0.29, 0.717) is 12.5 Å². The van der Waals surface area contributed by atoms with Crippen molar-refractivity contribution in [2.24, 2.45) is 11.3 Å². The molecule has 0 aromatic carbocycles. The Hall–Kier alpha value is -0.610. The Morgan fingerprint density at radius 1 is 1.44 bits per heavy atom. The highest BCUT2D eigenvalue weighted by atomic mass is 16.5. The van der Waals surface area contributed by atoms with Gasteiger partial charge in [0.15, 0.2) is 0 Å². The van der Waals surface area contributed by atoms with E-state index < -0.39 is 0 Å². The summed E-state index contributed by atoms with van der Waals surface area (Å²) in [4.78, 5) is 14.6. The van der Waals surface area contributed by atoms with Crippen LogP contribution in [0.4, 0.5) is 0 Å². The number of hydrogen-bond donors (Lipinski definition) is 1. The van der Waals surface area contributed by atoms with Crippen molar-refractivity contribution in [2.45, 2.75) is 33.1 Å². The Labute approximate surface area is 111 Å². The molecule has 4 heteroatoms. The lowest BCUT2D eigenvalue weighted by Gasteiger charge is -2.39. The zero-order valence-electron chi connectivity index (χ0n) is 12.3. The number of carbonyl (C=O) groups excluding carboxylic acids is 1. The third-order valence-corrected chi connectivity index (χ3v) is 4.06. The number of amides is 1. The maximum Gasteiger partial charge on any atom is 0.230 e. The van der Waals surface area contributed by atoms with Gasteiger partial charge in [-0.2, -0.15) is 0 Å². The number of ether oxygens (including phenoxy) is 1. The summed E-state index contributed by atoms with van der Waals surface area (Å²) < 4.78 is 5.31. The first-order chi connectivity index (χ1) is 8.55. The number of nitrogens with one attached hydrogen (secondary N) is 1. The average molecular weight is 256 g/mol. The Kier molecular flexibility index (Phi) is 6.09. The van der Waals surface area contributed by atoms with Crippen LogP contribution in [0.2, 0.25) is 0 Å². The van der Waals surface area contributed by atoms with Crippen molar-refractivity contribution in [1.29, 1.82) is 0 Å². The molecule has 0 spiro atoms. The van der Waals surface area contributed by atoms with Gasteiger partial charge in [-0.25, -0.2) is 0 Å². The molecule has 4 nitrogen and oxygen atoms in total. The van der Waals surface area contributed by atoms with Gasteiger partial charge in [-0.15, -0.1) is 0 Å². The number of hydrogen-bond acceptors (Lipinski definition) is 3. The number of rotatable bonds is 6. The molecule has 1 atom stereocenters. The number of nitrogens with zero attached hydrogens (tertiary/aromatic N) is 1. The van der Waals surface area contributed by atoms with Crippen LogP contribution in [-0.2, 0) is 9.53 Å². The smallest absolute Gasteiger partial charge is 0.230 e. The molecule has 0 aromatic heterocycles. The fourth-order valence-electron chi connectivity index (χ4n) is 2.69. The third-order valence-electron chi connectivity index (χ3n) is 4.06. The van der Waals surface area contributed by atoms with Crippen LogP contribution in [0.5, 0.6) is 0 Å². The van der Waals surface area contributed by atoms with Gasteiger partial charge in [0, 0.05) is 20.7 Å². The van der Waals surface area contributed by atoms with Crippen LogP contribution in [0.3, 0.4) is 0 Å². The van der Waals surface area contributed by atoms with Crippen molar-refractivity contribution >= 4 is 5.91 Å². The summed E-state index contributed by atoms with van der Waals surface area (Å²) in [5.41, 5.74) is -0.303. The minimum absolute atomic E-state index is 0.256. The minimum Gasteiger partial charge on any atom is -0.384 e. The quantitative estimate of drug-likeness (QED) is 0.783. The molecule has 0 aromatic rings. The maximum atomic E-state index is 12.7. The predicted octanol–water partition coefficient (Wildman–Crippen LogP) is 1.51. The van der Waals surface area contributed by atoms with E-state index >= 15 is 0 Å². The van der Waals surface area contributed by atoms with E-state index in [-0.39, 0.29) is 11.3 Å². The molecule has 1 N–H and O–H groups in total. The lowest BCUT2D eigenvalue weighted by Crippen LogP contribution is -2.51. The van der Waals surface area contributed by atoms with Crippen molar-refractivity contribution in [3.8, 4) is 0 Å². The van der Waals surface area contributed by atoms with E-state index in [1.54, 1.807) is 7.11 Å². The second kappa shape index (κ2) is 7.10. The Balaban J connectivity index is 2.69. The number of methoxy groups -OCH3 is 1. The minimum atomic E-state index is -0.303. The van der Waals surface area contributed by atoms with Gasteiger partial charge in [-0.3, -0.25) is 4.79 Å². The molecule has 1 heterocycles. The molecule has 1 aliphatic heterocycles. The predicted molar refractivity (Wildman–Crippen MR) is 73.5 cm³/mol. The van der Waals surface area contributed by atoms with E-state index in [2.05, 4.69) is 19.2 Å². The van der Waals surface area contributed by atoms with E-state index in [1.807, 2.05) is 11.9 Å². The highest BCUT2D eigenvalue weighted by molar-refractivity contribution is 5.82. The Morgan fingerprint density at radius 2 is 2.06 bits per heavy atom. The van der Waals surface area contributed by atoms with Crippen LogP contribution >= 0.6 is 0 Å². The molecule has 106 valence electrons. The lowest BCUT2D eigenvalue weighted by atomic mass is 9.78. The van der Waals surface area contributed by atoms with Crippen LogP contribution in [0.1, 0.15) is 33.1 Å². The molecule has 18 heavy (non-hydrogen) atoms. The fourth-order valence-corrected chi connectivity index (χ4v) is 2.69. The maximum absolute atomic E-state index is 12.7. The topological polar surface area (TPSA) is 41.6 Å². The first-order valence-corrected chi connectivity index (χ1v) is 7.01. The van der Waals surface area contributed by atoms with E-state index in [9.17, 15) is 4.79 Å². The van der Waals surface area contributed by atoms with Gasteiger partial charge in [0.2, 0.25) is 5.91 Å². The van der Waals surface area contributed by atoms with Crippen LogP contribution in [-0.4, -0.2) is 51.2 Å². The van der Waals surface area contributed by atoms with Gasteiger partial charge in [0.25, 0.3) is 0 Å². The summed E-state index contributed by atoms with van der Waals surface area (Å²) >= 11 is 0. The van der Waals surface area contributed by atoms with Gasteiger partial charge in [0.1, 0.15) is 0 Å². The molecule has 0 bridgehead atoms. The normalized spacial score (nSPS) is 20.4. The van der Waals surface area contributed by atoms with Crippen LogP contribution in [0.15, 0.2) is 0 Å². The first-order valence-electron chi connectivity index (χ1n) is 7.01.